The number of amides is 1. The van der Waals surface area contributed by atoms with E-state index in [4.69, 9.17) is 23.7 Å². The highest BCUT2D eigenvalue weighted by Crippen LogP contribution is 2.28. The molecule has 2 N–H and O–H groups in total. The molecule has 0 radical (unpaired) electrons. The zero-order chi connectivity index (χ0) is 27.6. The minimum absolute atomic E-state index is 0.129. The number of hydrogen-bond donors (Lipinski definition) is 2. The fourth-order valence-corrected chi connectivity index (χ4v) is 3.01. The van der Waals surface area contributed by atoms with Crippen LogP contribution in [0.4, 0.5) is 22.7 Å². The van der Waals surface area contributed by atoms with E-state index < -0.39 is 9.85 Å². The number of nitro groups is 2. The topological polar surface area (TPSA) is 174 Å². The second kappa shape index (κ2) is 17.6. The highest BCUT2D eigenvalue weighted by Gasteiger charge is 2.18. The van der Waals surface area contributed by atoms with Crippen LogP contribution in [0.25, 0.3) is 0 Å². The van der Waals surface area contributed by atoms with Gasteiger partial charge in [0.05, 0.1) is 68.8 Å². The van der Waals surface area contributed by atoms with E-state index in [1.54, 1.807) is 24.3 Å². The molecule has 2 aromatic rings. The SMILES string of the molecule is CC(=O)Nc1ccc(OCCOCCOCCOCCOCCNc2ccc([N+](=O)[O-])cc2[N+](=O)[O-])cc1. The summed E-state index contributed by atoms with van der Waals surface area (Å²) in [5, 5.41) is 27.4. The Kier molecular flexibility index (Phi) is 14.1. The normalized spacial score (nSPS) is 10.7. The maximum Gasteiger partial charge on any atom is 0.299 e. The molecule has 0 spiro atoms. The third kappa shape index (κ3) is 12.4. The van der Waals surface area contributed by atoms with Crippen molar-refractivity contribution in [2.45, 2.75) is 6.92 Å². The number of anilines is 2. The van der Waals surface area contributed by atoms with Crippen molar-refractivity contribution in [1.29, 1.82) is 0 Å². The molecule has 0 unspecified atom stereocenters. The summed E-state index contributed by atoms with van der Waals surface area (Å²) in [6.07, 6.45) is 0. The van der Waals surface area contributed by atoms with Gasteiger partial charge in [-0.15, -0.1) is 0 Å². The molecule has 2 aromatic carbocycles. The fourth-order valence-electron chi connectivity index (χ4n) is 3.01. The summed E-state index contributed by atoms with van der Waals surface area (Å²) < 4.78 is 27.2. The molecule has 208 valence electrons. The van der Waals surface area contributed by atoms with Gasteiger partial charge in [-0.05, 0) is 30.3 Å². The summed E-state index contributed by atoms with van der Waals surface area (Å²) in [6.45, 7) is 5.17. The smallest absolute Gasteiger partial charge is 0.299 e. The number of carbonyl (C=O) groups excluding carboxylic acids is 1. The lowest BCUT2D eigenvalue weighted by atomic mass is 10.2. The van der Waals surface area contributed by atoms with Crippen molar-refractivity contribution in [2.75, 3.05) is 76.6 Å². The Morgan fingerprint density at radius 1 is 0.763 bits per heavy atom. The van der Waals surface area contributed by atoms with Crippen molar-refractivity contribution in [3.05, 3.63) is 62.7 Å². The van der Waals surface area contributed by atoms with Crippen LogP contribution in [-0.2, 0) is 23.7 Å². The van der Waals surface area contributed by atoms with Gasteiger partial charge in [-0.25, -0.2) is 0 Å². The number of non-ortho nitro benzene ring substituents is 1. The van der Waals surface area contributed by atoms with Crippen LogP contribution >= 0.6 is 0 Å². The summed E-state index contributed by atoms with van der Waals surface area (Å²) in [5.41, 5.74) is 0.177. The minimum atomic E-state index is -0.684. The summed E-state index contributed by atoms with van der Waals surface area (Å²) in [4.78, 5) is 31.5. The third-order valence-electron chi connectivity index (χ3n) is 4.74. The quantitative estimate of drug-likeness (QED) is 0.145. The molecule has 0 fully saturated rings. The Balaban J connectivity index is 1.39. The summed E-state index contributed by atoms with van der Waals surface area (Å²) >= 11 is 0. The van der Waals surface area contributed by atoms with Crippen molar-refractivity contribution in [3.63, 3.8) is 0 Å². The van der Waals surface area contributed by atoms with Gasteiger partial charge in [-0.3, -0.25) is 25.0 Å². The molecule has 0 aromatic heterocycles. The first-order chi connectivity index (χ1) is 18.4. The largest absolute Gasteiger partial charge is 0.491 e. The number of benzene rings is 2. The van der Waals surface area contributed by atoms with Crippen LogP contribution in [0.15, 0.2) is 42.5 Å². The molecule has 2 rings (SSSR count). The predicted octanol–water partition coefficient (Wildman–Crippen LogP) is 3.02. The van der Waals surface area contributed by atoms with E-state index >= 15 is 0 Å². The molecule has 0 saturated heterocycles. The zero-order valence-corrected chi connectivity index (χ0v) is 21.1. The van der Waals surface area contributed by atoms with E-state index in [1.165, 1.54) is 19.1 Å². The average molecular weight is 537 g/mol. The molecule has 0 aliphatic heterocycles. The average Bonchev–Trinajstić information content (AvgIpc) is 2.88. The lowest BCUT2D eigenvalue weighted by Crippen LogP contribution is -2.15. The van der Waals surface area contributed by atoms with Crippen LogP contribution < -0.4 is 15.4 Å². The van der Waals surface area contributed by atoms with Gasteiger partial charge in [-0.1, -0.05) is 0 Å². The van der Waals surface area contributed by atoms with E-state index in [9.17, 15) is 25.0 Å². The van der Waals surface area contributed by atoms with Crippen LogP contribution in [0, 0.1) is 20.2 Å². The van der Waals surface area contributed by atoms with Gasteiger partial charge in [0.1, 0.15) is 18.0 Å². The second-order valence-electron chi connectivity index (χ2n) is 7.65. The minimum Gasteiger partial charge on any atom is -0.491 e. The maximum atomic E-state index is 11.1. The molecule has 0 aliphatic carbocycles. The van der Waals surface area contributed by atoms with Gasteiger partial charge < -0.3 is 34.3 Å². The monoisotopic (exact) mass is 536 g/mol. The molecule has 1 amide bonds. The van der Waals surface area contributed by atoms with E-state index in [0.717, 1.165) is 6.07 Å². The molecular weight excluding hydrogens is 504 g/mol. The molecule has 0 heterocycles. The number of ether oxygens (including phenoxy) is 5. The van der Waals surface area contributed by atoms with Crippen LogP contribution in [0.1, 0.15) is 6.92 Å². The van der Waals surface area contributed by atoms with Crippen molar-refractivity contribution in [2.24, 2.45) is 0 Å². The summed E-state index contributed by atoms with van der Waals surface area (Å²) in [7, 11) is 0. The number of rotatable bonds is 20. The zero-order valence-electron chi connectivity index (χ0n) is 21.1. The number of carbonyl (C=O) groups is 1. The van der Waals surface area contributed by atoms with Crippen LogP contribution in [0.3, 0.4) is 0 Å². The van der Waals surface area contributed by atoms with E-state index in [0.29, 0.717) is 64.3 Å². The number of nitrogens with zero attached hydrogens (tertiary/aromatic N) is 2. The predicted molar refractivity (Wildman–Crippen MR) is 138 cm³/mol. The van der Waals surface area contributed by atoms with E-state index in [2.05, 4.69) is 10.6 Å². The van der Waals surface area contributed by atoms with Gasteiger partial charge >= 0.3 is 0 Å². The lowest BCUT2D eigenvalue weighted by molar-refractivity contribution is -0.393. The molecule has 14 nitrogen and oxygen atoms in total. The first-order valence-corrected chi connectivity index (χ1v) is 11.8. The van der Waals surface area contributed by atoms with Crippen LogP contribution in [-0.4, -0.2) is 81.8 Å². The Hall–Kier alpha value is -3.85. The van der Waals surface area contributed by atoms with Crippen LogP contribution in [0.5, 0.6) is 5.75 Å². The van der Waals surface area contributed by atoms with Crippen molar-refractivity contribution >= 4 is 28.7 Å². The molecule has 14 heteroatoms. The molecule has 0 atom stereocenters. The highest BCUT2D eigenvalue weighted by molar-refractivity contribution is 5.88. The van der Waals surface area contributed by atoms with Crippen LogP contribution in [0.2, 0.25) is 0 Å². The summed E-state index contributed by atoms with van der Waals surface area (Å²) in [5.74, 6) is 0.556. The third-order valence-corrected chi connectivity index (χ3v) is 4.74. The Labute approximate surface area is 219 Å². The van der Waals surface area contributed by atoms with E-state index in [1.807, 2.05) is 0 Å². The molecular formula is C24H32N4O10. The van der Waals surface area contributed by atoms with Crippen molar-refractivity contribution in [3.8, 4) is 5.75 Å². The van der Waals surface area contributed by atoms with Gasteiger partial charge in [0, 0.05) is 25.2 Å². The van der Waals surface area contributed by atoms with Gasteiger partial charge in [0.25, 0.3) is 11.4 Å². The molecule has 38 heavy (non-hydrogen) atoms. The fraction of sp³-hybridized carbons (Fsp3) is 0.458. The first-order valence-electron chi connectivity index (χ1n) is 11.8. The Morgan fingerprint density at radius 2 is 1.32 bits per heavy atom. The van der Waals surface area contributed by atoms with Gasteiger partial charge in [0.15, 0.2) is 0 Å². The Bertz CT molecular complexity index is 1020. The number of hydrogen-bond acceptors (Lipinski definition) is 11. The lowest BCUT2D eigenvalue weighted by Gasteiger charge is -2.09. The van der Waals surface area contributed by atoms with Crippen molar-refractivity contribution in [1.82, 2.24) is 0 Å². The van der Waals surface area contributed by atoms with Gasteiger partial charge in [-0.2, -0.15) is 0 Å². The van der Waals surface area contributed by atoms with Gasteiger partial charge in [0.2, 0.25) is 5.91 Å². The highest BCUT2D eigenvalue weighted by atomic mass is 16.6. The molecule has 0 saturated carbocycles. The summed E-state index contributed by atoms with van der Waals surface area (Å²) in [6, 6.07) is 10.5. The standard InChI is InChI=1S/C24H32N4O10/c1-19(29)26-20-2-5-22(6-3-20)38-17-16-37-15-14-36-13-12-35-11-10-34-9-8-25-23-7-4-21(27(30)31)18-24(23)28(32)33/h2-7,18,25H,8-17H2,1H3,(H,26,29). The van der Waals surface area contributed by atoms with E-state index in [-0.39, 0.29) is 36.1 Å². The maximum absolute atomic E-state index is 11.1. The number of nitrogens with one attached hydrogen (secondary N) is 2. The first kappa shape index (κ1) is 30.4. The number of nitro benzene ring substituents is 2. The Morgan fingerprint density at radius 3 is 1.84 bits per heavy atom. The molecule has 0 bridgehead atoms. The van der Waals surface area contributed by atoms with Crippen molar-refractivity contribution < 1.29 is 38.3 Å². The molecule has 0 aliphatic rings. The second-order valence-corrected chi connectivity index (χ2v) is 7.65.